The average molecular weight is 341 g/mol. The van der Waals surface area contributed by atoms with Crippen LogP contribution in [-0.4, -0.2) is 17.6 Å². The number of halogens is 3. The molecule has 1 aromatic rings. The van der Waals surface area contributed by atoms with Gasteiger partial charge in [-0.1, -0.05) is 0 Å². The van der Waals surface area contributed by atoms with Gasteiger partial charge in [0.25, 0.3) is 6.43 Å². The van der Waals surface area contributed by atoms with Crippen molar-refractivity contribution >= 4 is 28.6 Å². The summed E-state index contributed by atoms with van der Waals surface area (Å²) in [7, 11) is 0. The molecule has 3 nitrogen and oxygen atoms in total. The second-order valence-corrected chi connectivity index (χ2v) is 4.10. The zero-order valence-corrected chi connectivity index (χ0v) is 10.9. The van der Waals surface area contributed by atoms with Crippen molar-refractivity contribution in [3.05, 3.63) is 26.6 Å². The van der Waals surface area contributed by atoms with Gasteiger partial charge in [-0.15, -0.1) is 0 Å². The van der Waals surface area contributed by atoms with Crippen LogP contribution in [0.3, 0.4) is 0 Å². The molecule has 16 heavy (non-hydrogen) atoms. The highest BCUT2D eigenvalue weighted by molar-refractivity contribution is 14.1. The maximum atomic E-state index is 12.5. The Labute approximate surface area is 105 Å². The summed E-state index contributed by atoms with van der Waals surface area (Å²) >= 11 is 1.82. The monoisotopic (exact) mass is 341 g/mol. The van der Waals surface area contributed by atoms with E-state index in [1.807, 2.05) is 22.6 Å². The Morgan fingerprint density at radius 2 is 2.25 bits per heavy atom. The van der Waals surface area contributed by atoms with Gasteiger partial charge in [-0.25, -0.2) is 18.6 Å². The number of alkyl halides is 2. The highest BCUT2D eigenvalue weighted by Crippen LogP contribution is 2.26. The Balaban J connectivity index is 3.16. The van der Waals surface area contributed by atoms with Crippen molar-refractivity contribution in [3.8, 4) is 0 Å². The second-order valence-electron chi connectivity index (χ2n) is 3.02. The summed E-state index contributed by atoms with van der Waals surface area (Å²) in [6, 6.07) is 0. The van der Waals surface area contributed by atoms with Crippen molar-refractivity contribution in [1.29, 1.82) is 0 Å². The summed E-state index contributed by atoms with van der Waals surface area (Å²) in [5.41, 5.74) is 0.301. The number of aromatic nitrogens is 1. The molecule has 0 atom stereocenters. The third-order valence-electron chi connectivity index (χ3n) is 2.01. The summed E-state index contributed by atoms with van der Waals surface area (Å²) in [6.07, 6.45) is -1.56. The zero-order chi connectivity index (χ0) is 12.3. The van der Waals surface area contributed by atoms with E-state index in [2.05, 4.69) is 4.98 Å². The Morgan fingerprint density at radius 3 is 2.75 bits per heavy atom. The lowest BCUT2D eigenvalue weighted by Crippen LogP contribution is -2.11. The molecule has 0 saturated heterocycles. The molecule has 1 heterocycles. The van der Waals surface area contributed by atoms with Crippen LogP contribution in [0.4, 0.5) is 8.78 Å². The van der Waals surface area contributed by atoms with E-state index in [9.17, 15) is 13.6 Å². The summed E-state index contributed by atoms with van der Waals surface area (Å²) < 4.78 is 30.2. The van der Waals surface area contributed by atoms with Gasteiger partial charge in [-0.2, -0.15) is 0 Å². The highest BCUT2D eigenvalue weighted by Gasteiger charge is 2.20. The molecular formula is C10H10F2INO2. The molecule has 1 rings (SSSR count). The van der Waals surface area contributed by atoms with Gasteiger partial charge in [0.2, 0.25) is 0 Å². The first-order valence-electron chi connectivity index (χ1n) is 4.59. The molecule has 0 saturated carbocycles. The average Bonchev–Trinajstić information content (AvgIpc) is 2.21. The van der Waals surface area contributed by atoms with E-state index in [-0.39, 0.29) is 17.9 Å². The van der Waals surface area contributed by atoms with Crippen molar-refractivity contribution < 1.29 is 18.3 Å². The molecule has 0 aromatic carbocycles. The third kappa shape index (κ3) is 2.66. The standard InChI is InChI=1S/C10H10F2INO2/c1-3-16-10(15)8-7(13)5(2)6(4-14-8)9(11)12/h4,9H,3H2,1-2H3. The lowest BCUT2D eigenvalue weighted by molar-refractivity contribution is 0.0517. The van der Waals surface area contributed by atoms with Crippen LogP contribution < -0.4 is 0 Å². The zero-order valence-electron chi connectivity index (χ0n) is 8.76. The van der Waals surface area contributed by atoms with Crippen LogP contribution in [0.1, 0.15) is 35.0 Å². The van der Waals surface area contributed by atoms with Crippen LogP contribution >= 0.6 is 22.6 Å². The van der Waals surface area contributed by atoms with Crippen LogP contribution in [0.15, 0.2) is 6.20 Å². The molecule has 0 aliphatic rings. The number of pyridine rings is 1. The second kappa shape index (κ2) is 5.51. The first kappa shape index (κ1) is 13.3. The van der Waals surface area contributed by atoms with Crippen LogP contribution in [-0.2, 0) is 4.74 Å². The molecule has 88 valence electrons. The van der Waals surface area contributed by atoms with Crippen molar-refractivity contribution in [3.63, 3.8) is 0 Å². The summed E-state index contributed by atoms with van der Waals surface area (Å²) in [5.74, 6) is -0.587. The maximum absolute atomic E-state index is 12.5. The predicted octanol–water partition coefficient (Wildman–Crippen LogP) is 3.11. The molecule has 6 heteroatoms. The minimum Gasteiger partial charge on any atom is -0.461 e. The van der Waals surface area contributed by atoms with E-state index in [4.69, 9.17) is 4.74 Å². The molecule has 0 N–H and O–H groups in total. The number of hydrogen-bond donors (Lipinski definition) is 0. The Morgan fingerprint density at radius 1 is 1.62 bits per heavy atom. The van der Waals surface area contributed by atoms with E-state index in [1.54, 1.807) is 6.92 Å². The van der Waals surface area contributed by atoms with Crippen molar-refractivity contribution in [2.75, 3.05) is 6.61 Å². The largest absolute Gasteiger partial charge is 0.461 e. The van der Waals surface area contributed by atoms with Crippen LogP contribution in [0.25, 0.3) is 0 Å². The Hall–Kier alpha value is -0.790. The maximum Gasteiger partial charge on any atom is 0.358 e. The van der Waals surface area contributed by atoms with E-state index in [1.165, 1.54) is 6.92 Å². The molecule has 1 aromatic heterocycles. The predicted molar refractivity (Wildman–Crippen MR) is 62.6 cm³/mol. The van der Waals surface area contributed by atoms with Crippen molar-refractivity contribution in [2.24, 2.45) is 0 Å². The molecule has 0 bridgehead atoms. The minimum atomic E-state index is -2.59. The first-order chi connectivity index (χ1) is 7.49. The SMILES string of the molecule is CCOC(=O)c1ncc(C(F)F)c(C)c1I. The van der Waals surface area contributed by atoms with Crippen molar-refractivity contribution in [1.82, 2.24) is 4.98 Å². The molecule has 0 spiro atoms. The van der Waals surface area contributed by atoms with Gasteiger partial charge >= 0.3 is 5.97 Å². The van der Waals surface area contributed by atoms with Gasteiger partial charge in [0.05, 0.1) is 6.61 Å². The van der Waals surface area contributed by atoms with Gasteiger partial charge in [0.15, 0.2) is 5.69 Å². The summed E-state index contributed by atoms with van der Waals surface area (Å²) in [4.78, 5) is 15.1. The number of nitrogens with zero attached hydrogens (tertiary/aromatic N) is 1. The number of carbonyl (C=O) groups excluding carboxylic acids is 1. The minimum absolute atomic E-state index is 0.0874. The number of esters is 1. The summed E-state index contributed by atoms with van der Waals surface area (Å²) in [6.45, 7) is 3.44. The quantitative estimate of drug-likeness (QED) is 0.627. The Bertz CT molecular complexity index is 410. The lowest BCUT2D eigenvalue weighted by Gasteiger charge is -2.09. The number of hydrogen-bond acceptors (Lipinski definition) is 3. The molecule has 0 aliphatic heterocycles. The molecular weight excluding hydrogens is 331 g/mol. The normalized spacial score (nSPS) is 10.6. The molecule has 0 amide bonds. The molecule has 0 fully saturated rings. The number of rotatable bonds is 3. The molecule has 0 unspecified atom stereocenters. The fraction of sp³-hybridized carbons (Fsp3) is 0.400. The third-order valence-corrected chi connectivity index (χ3v) is 3.33. The van der Waals surface area contributed by atoms with E-state index >= 15 is 0 Å². The van der Waals surface area contributed by atoms with Crippen molar-refractivity contribution in [2.45, 2.75) is 20.3 Å². The van der Waals surface area contributed by atoms with E-state index < -0.39 is 12.4 Å². The van der Waals surface area contributed by atoms with Crippen LogP contribution in [0.5, 0.6) is 0 Å². The van der Waals surface area contributed by atoms with E-state index in [0.29, 0.717) is 9.13 Å². The topological polar surface area (TPSA) is 39.2 Å². The number of ether oxygens (including phenoxy) is 1. The smallest absolute Gasteiger partial charge is 0.358 e. The van der Waals surface area contributed by atoms with Gasteiger partial charge in [0, 0.05) is 15.3 Å². The van der Waals surface area contributed by atoms with Gasteiger partial charge in [-0.3, -0.25) is 0 Å². The van der Waals surface area contributed by atoms with Gasteiger partial charge in [-0.05, 0) is 42.0 Å². The molecule has 0 aliphatic carbocycles. The Kier molecular flexibility index (Phi) is 4.57. The first-order valence-corrected chi connectivity index (χ1v) is 5.67. The highest BCUT2D eigenvalue weighted by atomic mass is 127. The molecule has 0 radical (unpaired) electrons. The van der Waals surface area contributed by atoms with Gasteiger partial charge < -0.3 is 4.74 Å². The number of carbonyl (C=O) groups is 1. The summed E-state index contributed by atoms with van der Waals surface area (Å²) in [5, 5.41) is 0. The van der Waals surface area contributed by atoms with Crippen LogP contribution in [0, 0.1) is 10.5 Å². The van der Waals surface area contributed by atoms with Crippen LogP contribution in [0.2, 0.25) is 0 Å². The van der Waals surface area contributed by atoms with E-state index in [0.717, 1.165) is 6.20 Å². The fourth-order valence-corrected chi connectivity index (χ4v) is 1.82. The lowest BCUT2D eigenvalue weighted by atomic mass is 10.1. The fourth-order valence-electron chi connectivity index (χ4n) is 1.15. The van der Waals surface area contributed by atoms with Gasteiger partial charge in [0.1, 0.15) is 0 Å².